The highest BCUT2D eigenvalue weighted by atomic mass is 19.3. The van der Waals surface area contributed by atoms with Gasteiger partial charge in [-0.1, -0.05) is 0 Å². The van der Waals surface area contributed by atoms with Crippen LogP contribution in [-0.4, -0.2) is 25.4 Å². The van der Waals surface area contributed by atoms with Gasteiger partial charge in [0.05, 0.1) is 0 Å². The van der Waals surface area contributed by atoms with E-state index in [1.165, 1.54) is 0 Å². The van der Waals surface area contributed by atoms with Gasteiger partial charge in [-0.05, 0) is 18.8 Å². The maximum atomic E-state index is 12.5. The molecule has 1 rings (SSSR count). The highest BCUT2D eigenvalue weighted by Gasteiger charge is 2.32. The van der Waals surface area contributed by atoms with Crippen molar-refractivity contribution in [2.75, 3.05) is 13.2 Å². The van der Waals surface area contributed by atoms with Gasteiger partial charge in [0.2, 0.25) is 0 Å². The predicted molar refractivity (Wildman–Crippen MR) is 39.2 cm³/mol. The molecule has 0 aromatic heterocycles. The van der Waals surface area contributed by atoms with E-state index in [4.69, 9.17) is 4.74 Å². The fourth-order valence-electron chi connectivity index (χ4n) is 1.38. The molecule has 0 amide bonds. The van der Waals surface area contributed by atoms with Crippen LogP contribution in [0.2, 0.25) is 0 Å². The van der Waals surface area contributed by atoms with Gasteiger partial charge in [-0.15, -0.1) is 0 Å². The van der Waals surface area contributed by atoms with Crippen molar-refractivity contribution >= 4 is 6.29 Å². The van der Waals surface area contributed by atoms with E-state index in [1.54, 1.807) is 0 Å². The van der Waals surface area contributed by atoms with Crippen LogP contribution in [0.25, 0.3) is 0 Å². The van der Waals surface area contributed by atoms with Crippen LogP contribution in [0.15, 0.2) is 0 Å². The minimum Gasteiger partial charge on any atom is -0.381 e. The van der Waals surface area contributed by atoms with Gasteiger partial charge in [-0.2, -0.15) is 8.78 Å². The van der Waals surface area contributed by atoms with Gasteiger partial charge in [-0.25, -0.2) is 0 Å². The van der Waals surface area contributed by atoms with E-state index < -0.39 is 5.92 Å². The van der Waals surface area contributed by atoms with Crippen molar-refractivity contribution in [1.29, 1.82) is 0 Å². The third kappa shape index (κ3) is 2.85. The standard InChI is InChI=1S/C8H12F2O2/c9-8(10,6-11)5-7-1-3-12-4-2-7/h6-7H,1-5H2. The van der Waals surface area contributed by atoms with Crippen LogP contribution in [0.5, 0.6) is 0 Å². The van der Waals surface area contributed by atoms with Crippen LogP contribution in [0.1, 0.15) is 19.3 Å². The van der Waals surface area contributed by atoms with Crippen molar-refractivity contribution < 1.29 is 18.3 Å². The Labute approximate surface area is 69.9 Å². The number of rotatable bonds is 3. The Hall–Kier alpha value is -0.510. The summed E-state index contributed by atoms with van der Waals surface area (Å²) in [6.45, 7) is 1.08. The quantitative estimate of drug-likeness (QED) is 0.614. The second-order valence-electron chi connectivity index (χ2n) is 3.14. The molecule has 2 nitrogen and oxygen atoms in total. The van der Waals surface area contributed by atoms with Crippen molar-refractivity contribution in [3.63, 3.8) is 0 Å². The van der Waals surface area contributed by atoms with E-state index in [2.05, 4.69) is 0 Å². The summed E-state index contributed by atoms with van der Waals surface area (Å²) in [6, 6.07) is 0. The van der Waals surface area contributed by atoms with E-state index in [1.807, 2.05) is 0 Å². The Morgan fingerprint density at radius 2 is 2.00 bits per heavy atom. The molecule has 0 saturated carbocycles. The largest absolute Gasteiger partial charge is 0.381 e. The fraction of sp³-hybridized carbons (Fsp3) is 0.875. The van der Waals surface area contributed by atoms with Crippen molar-refractivity contribution in [3.05, 3.63) is 0 Å². The molecule has 0 spiro atoms. The topological polar surface area (TPSA) is 26.3 Å². The number of carbonyl (C=O) groups is 1. The maximum Gasteiger partial charge on any atom is 0.302 e. The second-order valence-corrected chi connectivity index (χ2v) is 3.14. The summed E-state index contributed by atoms with van der Waals surface area (Å²) in [4.78, 5) is 9.92. The average molecular weight is 178 g/mol. The minimum absolute atomic E-state index is 0.0565. The second kappa shape index (κ2) is 3.94. The molecule has 0 atom stereocenters. The molecule has 1 saturated heterocycles. The Morgan fingerprint density at radius 1 is 1.42 bits per heavy atom. The first kappa shape index (κ1) is 9.58. The fourth-order valence-corrected chi connectivity index (χ4v) is 1.38. The molecule has 1 aliphatic rings. The normalized spacial score (nSPS) is 20.8. The Kier molecular flexibility index (Phi) is 3.14. The molecule has 70 valence electrons. The highest BCUT2D eigenvalue weighted by Crippen LogP contribution is 2.27. The van der Waals surface area contributed by atoms with Crippen molar-refractivity contribution in [2.45, 2.75) is 25.2 Å². The van der Waals surface area contributed by atoms with Crippen molar-refractivity contribution in [3.8, 4) is 0 Å². The number of hydrogen-bond donors (Lipinski definition) is 0. The summed E-state index contributed by atoms with van der Waals surface area (Å²) < 4.78 is 30.1. The van der Waals surface area contributed by atoms with Crippen LogP contribution >= 0.6 is 0 Å². The third-order valence-electron chi connectivity index (χ3n) is 2.07. The zero-order valence-electron chi connectivity index (χ0n) is 6.76. The van der Waals surface area contributed by atoms with E-state index in [0.717, 1.165) is 0 Å². The number of hydrogen-bond acceptors (Lipinski definition) is 2. The first-order valence-corrected chi connectivity index (χ1v) is 4.06. The summed E-state index contributed by atoms with van der Waals surface area (Å²) in [7, 11) is 0. The lowest BCUT2D eigenvalue weighted by Gasteiger charge is -2.23. The van der Waals surface area contributed by atoms with Gasteiger partial charge in [0, 0.05) is 19.6 Å². The van der Waals surface area contributed by atoms with E-state index in [0.29, 0.717) is 26.1 Å². The molecule has 0 N–H and O–H groups in total. The van der Waals surface area contributed by atoms with Crippen LogP contribution in [0, 0.1) is 5.92 Å². The van der Waals surface area contributed by atoms with Crippen LogP contribution in [0.4, 0.5) is 8.78 Å². The summed E-state index contributed by atoms with van der Waals surface area (Å²) in [5, 5.41) is 0. The van der Waals surface area contributed by atoms with Crippen LogP contribution in [0.3, 0.4) is 0 Å². The molecular formula is C8H12F2O2. The summed E-state index contributed by atoms with van der Waals surface area (Å²) in [5.41, 5.74) is 0. The summed E-state index contributed by atoms with van der Waals surface area (Å²) in [5.74, 6) is -3.19. The monoisotopic (exact) mass is 178 g/mol. The van der Waals surface area contributed by atoms with Gasteiger partial charge < -0.3 is 4.74 Å². The zero-order valence-corrected chi connectivity index (χ0v) is 6.76. The summed E-state index contributed by atoms with van der Waals surface area (Å²) >= 11 is 0. The lowest BCUT2D eigenvalue weighted by molar-refractivity contribution is -0.132. The van der Waals surface area contributed by atoms with Crippen LogP contribution in [-0.2, 0) is 9.53 Å². The number of aldehydes is 1. The molecule has 0 aromatic rings. The van der Waals surface area contributed by atoms with E-state index in [9.17, 15) is 13.6 Å². The molecule has 0 aliphatic carbocycles. The molecule has 1 fully saturated rings. The van der Waals surface area contributed by atoms with Gasteiger partial charge >= 0.3 is 5.92 Å². The average Bonchev–Trinajstić information content (AvgIpc) is 2.06. The number of alkyl halides is 2. The molecule has 12 heavy (non-hydrogen) atoms. The molecule has 0 aromatic carbocycles. The van der Waals surface area contributed by atoms with Crippen LogP contribution < -0.4 is 0 Å². The summed E-state index contributed by atoms with van der Waals surface area (Å²) in [6.07, 6.45) is 0.704. The van der Waals surface area contributed by atoms with E-state index in [-0.39, 0.29) is 18.6 Å². The van der Waals surface area contributed by atoms with Crippen molar-refractivity contribution in [1.82, 2.24) is 0 Å². The van der Waals surface area contributed by atoms with Gasteiger partial charge in [0.15, 0.2) is 6.29 Å². The Morgan fingerprint density at radius 3 is 2.50 bits per heavy atom. The maximum absolute atomic E-state index is 12.5. The third-order valence-corrected chi connectivity index (χ3v) is 2.07. The first-order chi connectivity index (χ1) is 5.64. The lowest BCUT2D eigenvalue weighted by Crippen LogP contribution is -2.26. The molecule has 1 heterocycles. The molecule has 0 radical (unpaired) electrons. The lowest BCUT2D eigenvalue weighted by atomic mass is 9.94. The first-order valence-electron chi connectivity index (χ1n) is 4.06. The molecule has 1 aliphatic heterocycles. The highest BCUT2D eigenvalue weighted by molar-refractivity contribution is 5.59. The van der Waals surface area contributed by atoms with Gasteiger partial charge in [-0.3, -0.25) is 4.79 Å². The van der Waals surface area contributed by atoms with Gasteiger partial charge in [0.1, 0.15) is 0 Å². The number of ether oxygens (including phenoxy) is 1. The molecular weight excluding hydrogens is 166 g/mol. The minimum atomic E-state index is -3.14. The predicted octanol–water partition coefficient (Wildman–Crippen LogP) is 1.64. The zero-order chi connectivity index (χ0) is 9.03. The Bertz CT molecular complexity index is 153. The van der Waals surface area contributed by atoms with Crippen molar-refractivity contribution in [2.24, 2.45) is 5.92 Å². The van der Waals surface area contributed by atoms with E-state index >= 15 is 0 Å². The number of carbonyl (C=O) groups excluding carboxylic acids is 1. The molecule has 4 heteroatoms. The number of halogens is 2. The molecule has 0 unspecified atom stereocenters. The SMILES string of the molecule is O=CC(F)(F)CC1CCOCC1. The Balaban J connectivity index is 2.33. The smallest absolute Gasteiger partial charge is 0.302 e. The van der Waals surface area contributed by atoms with Gasteiger partial charge in [0.25, 0.3) is 0 Å². The molecule has 0 bridgehead atoms.